The van der Waals surface area contributed by atoms with Crippen molar-refractivity contribution < 1.29 is 9.53 Å². The molecule has 1 aliphatic carbocycles. The van der Waals surface area contributed by atoms with Crippen LogP contribution >= 0.6 is 11.3 Å². The quantitative estimate of drug-likeness (QED) is 0.603. The molecule has 1 atom stereocenters. The molecule has 0 N–H and O–H groups in total. The molecule has 0 spiro atoms. The van der Waals surface area contributed by atoms with Crippen LogP contribution in [0.1, 0.15) is 47.3 Å². The zero-order chi connectivity index (χ0) is 12.8. The first-order chi connectivity index (χ1) is 8.79. The van der Waals surface area contributed by atoms with Gasteiger partial charge in [-0.25, -0.2) is 4.79 Å². The van der Waals surface area contributed by atoms with Crippen LogP contribution in [-0.4, -0.2) is 12.1 Å². The first kappa shape index (κ1) is 12.8. The molecule has 4 heteroatoms. The minimum atomic E-state index is -0.303. The van der Waals surface area contributed by atoms with Gasteiger partial charge in [0.05, 0.1) is 5.56 Å². The minimum Gasteiger partial charge on any atom is -0.459 e. The van der Waals surface area contributed by atoms with Crippen LogP contribution < -0.4 is 0 Å². The molecular formula is C14H15NO2S. The molecule has 0 saturated heterocycles. The molecule has 94 valence electrons. The zero-order valence-corrected chi connectivity index (χ0v) is 10.9. The van der Waals surface area contributed by atoms with Gasteiger partial charge < -0.3 is 4.74 Å². The highest BCUT2D eigenvalue weighted by Crippen LogP contribution is 2.19. The number of rotatable bonds is 2. The molecule has 2 rings (SSSR count). The van der Waals surface area contributed by atoms with E-state index in [0.29, 0.717) is 10.4 Å². The molecule has 0 aliphatic heterocycles. The van der Waals surface area contributed by atoms with E-state index in [1.165, 1.54) is 11.3 Å². The van der Waals surface area contributed by atoms with Crippen molar-refractivity contribution in [3.63, 3.8) is 0 Å². The zero-order valence-electron chi connectivity index (χ0n) is 10.1. The highest BCUT2D eigenvalue weighted by Gasteiger charge is 2.17. The number of ether oxygens (including phenoxy) is 1. The van der Waals surface area contributed by atoms with Crippen LogP contribution in [0.5, 0.6) is 0 Å². The number of thiophene rings is 1. The topological polar surface area (TPSA) is 50.1 Å². The Morgan fingerprint density at radius 3 is 3.00 bits per heavy atom. The van der Waals surface area contributed by atoms with Gasteiger partial charge in [0.2, 0.25) is 0 Å². The van der Waals surface area contributed by atoms with E-state index in [-0.39, 0.29) is 12.1 Å². The van der Waals surface area contributed by atoms with E-state index in [1.807, 2.05) is 6.07 Å². The Balaban J connectivity index is 1.94. The first-order valence-electron chi connectivity index (χ1n) is 6.14. The van der Waals surface area contributed by atoms with Crippen LogP contribution in [0, 0.1) is 11.3 Å². The van der Waals surface area contributed by atoms with Gasteiger partial charge in [0, 0.05) is 5.38 Å². The number of allylic oxidation sites excluding steroid dienone is 2. The molecule has 0 aromatic carbocycles. The second-order valence-electron chi connectivity index (χ2n) is 4.32. The number of carbonyl (C=O) groups excluding carboxylic acids is 1. The smallest absolute Gasteiger partial charge is 0.339 e. The number of nitriles is 1. The van der Waals surface area contributed by atoms with Crippen molar-refractivity contribution in [2.45, 2.75) is 38.2 Å². The van der Waals surface area contributed by atoms with Gasteiger partial charge in [0.15, 0.2) is 0 Å². The molecule has 0 bridgehead atoms. The summed E-state index contributed by atoms with van der Waals surface area (Å²) in [6.07, 6.45) is 9.24. The second-order valence-corrected chi connectivity index (χ2v) is 5.23. The molecule has 1 aromatic heterocycles. The Bertz CT molecular complexity index is 484. The molecule has 0 amide bonds. The monoisotopic (exact) mass is 261 g/mol. The highest BCUT2D eigenvalue weighted by molar-refractivity contribution is 7.10. The molecule has 1 unspecified atom stereocenters. The number of nitrogens with zero attached hydrogens (tertiary/aromatic N) is 1. The molecule has 3 nitrogen and oxygen atoms in total. The summed E-state index contributed by atoms with van der Waals surface area (Å²) in [7, 11) is 0. The lowest BCUT2D eigenvalue weighted by molar-refractivity contribution is 0.0258. The summed E-state index contributed by atoms with van der Waals surface area (Å²) in [6, 6.07) is 3.62. The normalized spacial score (nSPS) is 21.4. The molecule has 1 aliphatic rings. The van der Waals surface area contributed by atoms with Gasteiger partial charge in [-0.15, -0.1) is 11.3 Å². The fourth-order valence-electron chi connectivity index (χ4n) is 1.96. The van der Waals surface area contributed by atoms with E-state index < -0.39 is 0 Å². The maximum atomic E-state index is 11.9. The van der Waals surface area contributed by atoms with E-state index in [2.05, 4.69) is 12.2 Å². The summed E-state index contributed by atoms with van der Waals surface area (Å²) in [5.74, 6) is -0.303. The molecule has 18 heavy (non-hydrogen) atoms. The largest absolute Gasteiger partial charge is 0.459 e. The van der Waals surface area contributed by atoms with Gasteiger partial charge in [0.25, 0.3) is 0 Å². The first-order valence-corrected chi connectivity index (χ1v) is 7.02. The Labute approximate surface area is 111 Å². The van der Waals surface area contributed by atoms with Gasteiger partial charge in [-0.3, -0.25) is 0 Å². The Hall–Kier alpha value is -1.60. The van der Waals surface area contributed by atoms with Crippen LogP contribution in [-0.2, 0) is 4.74 Å². The van der Waals surface area contributed by atoms with Gasteiger partial charge in [-0.1, -0.05) is 12.2 Å². The lowest BCUT2D eigenvalue weighted by Crippen LogP contribution is -2.18. The fraction of sp³-hybridized carbons (Fsp3) is 0.429. The molecular weight excluding hydrogens is 246 g/mol. The standard InChI is InChI=1S/C14H15NO2S/c15-9-13-8-11(10-18-13)14(16)17-12-6-4-2-1-3-5-7-12/h1-2,8,10,12H,3-7H2/b2-1-. The van der Waals surface area contributed by atoms with E-state index >= 15 is 0 Å². The van der Waals surface area contributed by atoms with Gasteiger partial charge in [0.1, 0.15) is 17.1 Å². The summed E-state index contributed by atoms with van der Waals surface area (Å²) in [5.41, 5.74) is 0.495. The van der Waals surface area contributed by atoms with Crippen LogP contribution in [0.25, 0.3) is 0 Å². The summed E-state index contributed by atoms with van der Waals surface area (Å²) < 4.78 is 5.50. The molecule has 1 aromatic rings. The van der Waals surface area contributed by atoms with E-state index in [0.717, 1.165) is 32.1 Å². The number of carbonyl (C=O) groups is 1. The molecule has 0 radical (unpaired) electrons. The van der Waals surface area contributed by atoms with Crippen molar-refractivity contribution in [3.05, 3.63) is 34.0 Å². The summed E-state index contributed by atoms with van der Waals surface area (Å²) in [5, 5.41) is 10.4. The molecule has 0 saturated carbocycles. The highest BCUT2D eigenvalue weighted by atomic mass is 32.1. The van der Waals surface area contributed by atoms with Crippen molar-refractivity contribution in [1.29, 1.82) is 5.26 Å². The molecule has 1 heterocycles. The van der Waals surface area contributed by atoms with E-state index in [4.69, 9.17) is 10.00 Å². The van der Waals surface area contributed by atoms with E-state index in [1.54, 1.807) is 11.4 Å². The Kier molecular flexibility index (Phi) is 4.54. The van der Waals surface area contributed by atoms with Crippen molar-refractivity contribution in [3.8, 4) is 6.07 Å². The Morgan fingerprint density at radius 1 is 1.39 bits per heavy atom. The summed E-state index contributed by atoms with van der Waals surface area (Å²) >= 11 is 1.27. The van der Waals surface area contributed by atoms with Crippen molar-refractivity contribution in [2.75, 3.05) is 0 Å². The second kappa shape index (κ2) is 6.36. The van der Waals surface area contributed by atoms with E-state index in [9.17, 15) is 4.79 Å². The average molecular weight is 261 g/mol. The minimum absolute atomic E-state index is 0.00730. The number of esters is 1. The van der Waals surface area contributed by atoms with Gasteiger partial charge >= 0.3 is 5.97 Å². The summed E-state index contributed by atoms with van der Waals surface area (Å²) in [6.45, 7) is 0. The third-order valence-electron chi connectivity index (χ3n) is 2.94. The maximum absolute atomic E-state index is 11.9. The third-order valence-corrected chi connectivity index (χ3v) is 3.77. The fourth-order valence-corrected chi connectivity index (χ4v) is 2.63. The van der Waals surface area contributed by atoms with Crippen LogP contribution in [0.2, 0.25) is 0 Å². The maximum Gasteiger partial charge on any atom is 0.339 e. The van der Waals surface area contributed by atoms with Gasteiger partial charge in [-0.2, -0.15) is 5.26 Å². The lowest BCUT2D eigenvalue weighted by atomic mass is 10.0. The van der Waals surface area contributed by atoms with Crippen LogP contribution in [0.15, 0.2) is 23.6 Å². The van der Waals surface area contributed by atoms with Crippen molar-refractivity contribution >= 4 is 17.3 Å². The summed E-state index contributed by atoms with van der Waals surface area (Å²) in [4.78, 5) is 12.4. The SMILES string of the molecule is N#Cc1cc(C(=O)OC2CC/C=C\CCC2)cs1. The van der Waals surface area contributed by atoms with Crippen molar-refractivity contribution in [1.82, 2.24) is 0 Å². The molecule has 0 fully saturated rings. The Morgan fingerprint density at radius 2 is 2.22 bits per heavy atom. The predicted molar refractivity (Wildman–Crippen MR) is 70.5 cm³/mol. The van der Waals surface area contributed by atoms with Gasteiger partial charge in [-0.05, 0) is 38.2 Å². The van der Waals surface area contributed by atoms with Crippen molar-refractivity contribution in [2.24, 2.45) is 0 Å². The number of hydrogen-bond donors (Lipinski definition) is 0. The van der Waals surface area contributed by atoms with Crippen LogP contribution in [0.4, 0.5) is 0 Å². The third kappa shape index (κ3) is 3.44. The van der Waals surface area contributed by atoms with Crippen LogP contribution in [0.3, 0.4) is 0 Å². The average Bonchev–Trinajstić information content (AvgIpc) is 2.81. The number of hydrogen-bond acceptors (Lipinski definition) is 4. The predicted octanol–water partition coefficient (Wildman–Crippen LogP) is 3.67. The lowest BCUT2D eigenvalue weighted by Gasteiger charge is -2.18.